The monoisotopic (exact) mass is 277 g/mol. The van der Waals surface area contributed by atoms with E-state index in [2.05, 4.69) is 86.9 Å². The molecule has 1 nitrogen and oxygen atoms in total. The number of anilines is 3. The van der Waals surface area contributed by atoms with Crippen molar-refractivity contribution in [3.8, 4) is 0 Å². The van der Waals surface area contributed by atoms with Gasteiger partial charge in [0.05, 0.1) is 5.69 Å². The Labute approximate surface area is 122 Å². The molecule has 1 unspecified atom stereocenters. The van der Waals surface area contributed by atoms with Crippen molar-refractivity contribution in [2.75, 3.05) is 4.90 Å². The first-order chi connectivity index (χ1) is 9.86. The van der Waals surface area contributed by atoms with Gasteiger partial charge in [0, 0.05) is 11.4 Å². The topological polar surface area (TPSA) is 3.24 Å². The zero-order chi connectivity index (χ0) is 13.8. The number of para-hydroxylation sites is 3. The predicted octanol–water partition coefficient (Wildman–Crippen LogP) is 4.66. The maximum atomic E-state index is 2.81. The Balaban J connectivity index is 2.17. The van der Waals surface area contributed by atoms with Crippen LogP contribution in [0.2, 0.25) is 0 Å². The highest BCUT2D eigenvalue weighted by atomic mass is 31.0. The van der Waals surface area contributed by atoms with Crippen molar-refractivity contribution in [2.45, 2.75) is 0 Å². The van der Waals surface area contributed by atoms with Crippen LogP contribution in [0.15, 0.2) is 84.9 Å². The Bertz CT molecular complexity index is 641. The lowest BCUT2D eigenvalue weighted by Gasteiger charge is -2.26. The molecule has 0 saturated carbocycles. The van der Waals surface area contributed by atoms with Crippen LogP contribution in [-0.4, -0.2) is 0 Å². The molecule has 3 aromatic carbocycles. The quantitative estimate of drug-likeness (QED) is 0.629. The Morgan fingerprint density at radius 3 is 1.50 bits per heavy atom. The highest BCUT2D eigenvalue weighted by Gasteiger charge is 2.12. The fourth-order valence-corrected chi connectivity index (χ4v) is 2.61. The largest absolute Gasteiger partial charge is 0.310 e. The standard InChI is InChI=1S/C18H16NP/c20-18-14-8-7-13-17(18)19(15-9-3-1-4-10-15)16-11-5-2-6-12-16/h1-14H,20H2. The summed E-state index contributed by atoms with van der Waals surface area (Å²) in [4.78, 5) is 2.27. The molecule has 0 heterocycles. The summed E-state index contributed by atoms with van der Waals surface area (Å²) in [5, 5.41) is 1.18. The number of benzene rings is 3. The summed E-state index contributed by atoms with van der Waals surface area (Å²) in [6.45, 7) is 0. The Morgan fingerprint density at radius 2 is 1.00 bits per heavy atom. The van der Waals surface area contributed by atoms with Gasteiger partial charge in [-0.25, -0.2) is 0 Å². The van der Waals surface area contributed by atoms with Crippen molar-refractivity contribution in [3.63, 3.8) is 0 Å². The van der Waals surface area contributed by atoms with Crippen molar-refractivity contribution >= 4 is 31.6 Å². The zero-order valence-electron chi connectivity index (χ0n) is 11.1. The van der Waals surface area contributed by atoms with Gasteiger partial charge in [0.15, 0.2) is 0 Å². The van der Waals surface area contributed by atoms with Crippen molar-refractivity contribution in [1.29, 1.82) is 0 Å². The third kappa shape index (κ3) is 2.59. The van der Waals surface area contributed by atoms with E-state index in [1.807, 2.05) is 12.1 Å². The van der Waals surface area contributed by atoms with E-state index in [1.54, 1.807) is 0 Å². The maximum Gasteiger partial charge on any atom is 0.0533 e. The van der Waals surface area contributed by atoms with Crippen LogP contribution in [0, 0.1) is 0 Å². The maximum absolute atomic E-state index is 2.81. The van der Waals surface area contributed by atoms with Crippen LogP contribution >= 0.6 is 9.24 Å². The average molecular weight is 277 g/mol. The van der Waals surface area contributed by atoms with E-state index in [0.717, 1.165) is 11.4 Å². The lowest BCUT2D eigenvalue weighted by molar-refractivity contribution is 1.29. The third-order valence-corrected chi connectivity index (χ3v) is 3.69. The molecule has 0 aromatic heterocycles. The fourth-order valence-electron chi connectivity index (χ4n) is 2.27. The summed E-state index contributed by atoms with van der Waals surface area (Å²) < 4.78 is 0. The Kier molecular flexibility index (Phi) is 3.80. The normalized spacial score (nSPS) is 10.2. The van der Waals surface area contributed by atoms with Gasteiger partial charge in [-0.15, -0.1) is 9.24 Å². The molecule has 3 rings (SSSR count). The molecule has 0 fully saturated rings. The van der Waals surface area contributed by atoms with Crippen LogP contribution in [-0.2, 0) is 0 Å². The van der Waals surface area contributed by atoms with Crippen LogP contribution in [0.1, 0.15) is 0 Å². The van der Waals surface area contributed by atoms with E-state index >= 15 is 0 Å². The molecule has 0 aliphatic rings. The van der Waals surface area contributed by atoms with Crippen molar-refractivity contribution in [3.05, 3.63) is 84.9 Å². The molecule has 3 aromatic rings. The molecular formula is C18H16NP. The number of nitrogens with zero attached hydrogens (tertiary/aromatic N) is 1. The van der Waals surface area contributed by atoms with Gasteiger partial charge in [0.2, 0.25) is 0 Å². The first-order valence-electron chi connectivity index (χ1n) is 6.61. The number of rotatable bonds is 3. The SMILES string of the molecule is Pc1ccccc1N(c1ccccc1)c1ccccc1. The number of hydrogen-bond donors (Lipinski definition) is 0. The second kappa shape index (κ2) is 5.90. The van der Waals surface area contributed by atoms with Crippen LogP contribution in [0.3, 0.4) is 0 Å². The van der Waals surface area contributed by atoms with Gasteiger partial charge in [0.25, 0.3) is 0 Å². The third-order valence-electron chi connectivity index (χ3n) is 3.21. The van der Waals surface area contributed by atoms with Gasteiger partial charge in [-0.1, -0.05) is 54.6 Å². The highest BCUT2D eigenvalue weighted by Crippen LogP contribution is 2.33. The molecule has 0 N–H and O–H groups in total. The zero-order valence-corrected chi connectivity index (χ0v) is 12.3. The van der Waals surface area contributed by atoms with E-state index in [9.17, 15) is 0 Å². The van der Waals surface area contributed by atoms with Crippen molar-refractivity contribution in [1.82, 2.24) is 0 Å². The lowest BCUT2D eigenvalue weighted by atomic mass is 10.2. The first-order valence-corrected chi connectivity index (χ1v) is 7.19. The van der Waals surface area contributed by atoms with Crippen molar-refractivity contribution < 1.29 is 0 Å². The summed E-state index contributed by atoms with van der Waals surface area (Å²) in [6.07, 6.45) is 0. The molecule has 0 aliphatic heterocycles. The van der Waals surface area contributed by atoms with Crippen molar-refractivity contribution in [2.24, 2.45) is 0 Å². The molecule has 0 radical (unpaired) electrons. The van der Waals surface area contributed by atoms with E-state index in [0.29, 0.717) is 0 Å². The minimum absolute atomic E-state index is 1.16. The van der Waals surface area contributed by atoms with E-state index in [1.165, 1.54) is 11.0 Å². The van der Waals surface area contributed by atoms with Crippen LogP contribution < -0.4 is 10.2 Å². The highest BCUT2D eigenvalue weighted by molar-refractivity contribution is 7.28. The molecule has 1 atom stereocenters. The average Bonchev–Trinajstić information content (AvgIpc) is 2.52. The lowest BCUT2D eigenvalue weighted by Crippen LogP contribution is -2.15. The van der Waals surface area contributed by atoms with Gasteiger partial charge < -0.3 is 4.90 Å². The molecule has 0 saturated heterocycles. The van der Waals surface area contributed by atoms with Gasteiger partial charge in [-0.3, -0.25) is 0 Å². The summed E-state index contributed by atoms with van der Waals surface area (Å²) in [7, 11) is 2.81. The predicted molar refractivity (Wildman–Crippen MR) is 90.5 cm³/mol. The molecule has 0 aliphatic carbocycles. The summed E-state index contributed by atoms with van der Waals surface area (Å²) in [5.74, 6) is 0. The van der Waals surface area contributed by atoms with E-state index < -0.39 is 0 Å². The van der Waals surface area contributed by atoms with Crippen LogP contribution in [0.5, 0.6) is 0 Å². The van der Waals surface area contributed by atoms with E-state index in [-0.39, 0.29) is 0 Å². The van der Waals surface area contributed by atoms with Crippen LogP contribution in [0.4, 0.5) is 17.1 Å². The molecule has 0 spiro atoms. The van der Waals surface area contributed by atoms with E-state index in [4.69, 9.17) is 0 Å². The molecule has 20 heavy (non-hydrogen) atoms. The molecular weight excluding hydrogens is 261 g/mol. The van der Waals surface area contributed by atoms with Gasteiger partial charge in [-0.2, -0.15) is 0 Å². The molecule has 0 amide bonds. The minimum atomic E-state index is 1.16. The minimum Gasteiger partial charge on any atom is -0.310 e. The summed E-state index contributed by atoms with van der Waals surface area (Å²) in [6, 6.07) is 29.2. The smallest absolute Gasteiger partial charge is 0.0533 e. The summed E-state index contributed by atoms with van der Waals surface area (Å²) >= 11 is 0. The number of hydrogen-bond acceptors (Lipinski definition) is 1. The van der Waals surface area contributed by atoms with Crippen LogP contribution in [0.25, 0.3) is 0 Å². The molecule has 98 valence electrons. The fraction of sp³-hybridized carbons (Fsp3) is 0. The Morgan fingerprint density at radius 1 is 0.550 bits per heavy atom. The van der Waals surface area contributed by atoms with Gasteiger partial charge in [0.1, 0.15) is 0 Å². The first kappa shape index (κ1) is 12.9. The van der Waals surface area contributed by atoms with Gasteiger partial charge >= 0.3 is 0 Å². The molecule has 0 bridgehead atoms. The molecule has 2 heteroatoms. The van der Waals surface area contributed by atoms with Gasteiger partial charge in [-0.05, 0) is 35.6 Å². The second-order valence-corrected chi connectivity index (χ2v) is 5.19. The Hall–Kier alpha value is -2.11. The summed E-state index contributed by atoms with van der Waals surface area (Å²) in [5.41, 5.74) is 3.50. The second-order valence-electron chi connectivity index (χ2n) is 4.57.